The zero-order valence-corrected chi connectivity index (χ0v) is 11.7. The fourth-order valence-electron chi connectivity index (χ4n) is 2.37. The number of nitrogens with one attached hydrogen (secondary N) is 2. The molecule has 0 spiro atoms. The van der Waals surface area contributed by atoms with Crippen LogP contribution in [0.2, 0.25) is 0 Å². The highest BCUT2D eigenvalue weighted by molar-refractivity contribution is 5.93. The summed E-state index contributed by atoms with van der Waals surface area (Å²) in [4.78, 5) is 16.1. The number of aromatic nitrogens is 3. The van der Waals surface area contributed by atoms with Crippen molar-refractivity contribution in [2.75, 3.05) is 25.6 Å². The summed E-state index contributed by atoms with van der Waals surface area (Å²) < 4.78 is 7.01. The van der Waals surface area contributed by atoms with Crippen molar-refractivity contribution in [3.05, 3.63) is 36.9 Å². The number of nitrogens with zero attached hydrogens (tertiary/aromatic N) is 3. The zero-order chi connectivity index (χ0) is 14.7. The average molecular weight is 287 g/mol. The van der Waals surface area contributed by atoms with E-state index in [-0.39, 0.29) is 17.9 Å². The van der Waals surface area contributed by atoms with Crippen LogP contribution in [0.1, 0.15) is 0 Å². The lowest BCUT2D eigenvalue weighted by atomic mass is 10.0. The molecular formula is C14H17N5O2. The number of amides is 1. The number of ether oxygens (including phenoxy) is 1. The summed E-state index contributed by atoms with van der Waals surface area (Å²) >= 11 is 0. The quantitative estimate of drug-likeness (QED) is 0.853. The van der Waals surface area contributed by atoms with Gasteiger partial charge in [-0.3, -0.25) is 4.79 Å². The molecule has 2 N–H and O–H groups in total. The third kappa shape index (κ3) is 2.93. The molecule has 7 nitrogen and oxygen atoms in total. The van der Waals surface area contributed by atoms with Crippen LogP contribution in [0.25, 0.3) is 5.69 Å². The van der Waals surface area contributed by atoms with Gasteiger partial charge in [-0.15, -0.1) is 0 Å². The predicted octanol–water partition coefficient (Wildman–Crippen LogP) is 0.440. The second kappa shape index (κ2) is 6.02. The minimum Gasteiger partial charge on any atom is -0.379 e. The Hall–Kier alpha value is -2.25. The fraction of sp³-hybridized carbons (Fsp3) is 0.357. The van der Waals surface area contributed by atoms with Gasteiger partial charge in [0.25, 0.3) is 0 Å². The largest absolute Gasteiger partial charge is 0.379 e. The van der Waals surface area contributed by atoms with E-state index in [0.29, 0.717) is 13.2 Å². The fourth-order valence-corrected chi connectivity index (χ4v) is 2.37. The second-order valence-electron chi connectivity index (χ2n) is 4.92. The second-order valence-corrected chi connectivity index (χ2v) is 4.92. The van der Waals surface area contributed by atoms with E-state index in [9.17, 15) is 4.79 Å². The third-order valence-electron chi connectivity index (χ3n) is 3.61. The number of anilines is 1. The maximum Gasteiger partial charge on any atom is 0.231 e. The average Bonchev–Trinajstić information content (AvgIpc) is 3.19. The first-order chi connectivity index (χ1) is 10.3. The van der Waals surface area contributed by atoms with Gasteiger partial charge in [0.2, 0.25) is 5.91 Å². The van der Waals surface area contributed by atoms with Crippen molar-refractivity contribution in [1.29, 1.82) is 0 Å². The van der Waals surface area contributed by atoms with E-state index in [1.54, 1.807) is 11.0 Å². The van der Waals surface area contributed by atoms with Crippen molar-refractivity contribution in [3.63, 3.8) is 0 Å². The van der Waals surface area contributed by atoms with Gasteiger partial charge in [-0.1, -0.05) is 0 Å². The summed E-state index contributed by atoms with van der Waals surface area (Å²) in [6.45, 7) is 1.02. The molecule has 2 heterocycles. The summed E-state index contributed by atoms with van der Waals surface area (Å²) in [7, 11) is 1.84. The third-order valence-corrected chi connectivity index (χ3v) is 3.61. The predicted molar refractivity (Wildman–Crippen MR) is 77.1 cm³/mol. The van der Waals surface area contributed by atoms with Crippen LogP contribution in [0, 0.1) is 5.92 Å². The van der Waals surface area contributed by atoms with Crippen molar-refractivity contribution >= 4 is 11.6 Å². The van der Waals surface area contributed by atoms with E-state index < -0.39 is 0 Å². The molecule has 1 aliphatic heterocycles. The summed E-state index contributed by atoms with van der Waals surface area (Å²) in [5.74, 6) is -0.189. The maximum atomic E-state index is 12.2. The van der Waals surface area contributed by atoms with Crippen LogP contribution in [0.15, 0.2) is 36.9 Å². The van der Waals surface area contributed by atoms with Crippen molar-refractivity contribution in [2.24, 2.45) is 5.92 Å². The number of rotatable bonds is 4. The molecular weight excluding hydrogens is 270 g/mol. The Balaban J connectivity index is 1.66. The molecule has 1 aromatic heterocycles. The van der Waals surface area contributed by atoms with E-state index in [0.717, 1.165) is 11.4 Å². The van der Waals surface area contributed by atoms with Gasteiger partial charge < -0.3 is 15.4 Å². The van der Waals surface area contributed by atoms with Crippen LogP contribution in [0.4, 0.5) is 5.69 Å². The lowest BCUT2D eigenvalue weighted by Crippen LogP contribution is -2.39. The van der Waals surface area contributed by atoms with E-state index in [2.05, 4.69) is 20.7 Å². The molecule has 7 heteroatoms. The number of carbonyl (C=O) groups excluding carboxylic acids is 1. The first-order valence-electron chi connectivity index (χ1n) is 6.79. The van der Waals surface area contributed by atoms with Gasteiger partial charge in [-0.25, -0.2) is 9.67 Å². The van der Waals surface area contributed by atoms with Gasteiger partial charge in [-0.2, -0.15) is 5.10 Å². The van der Waals surface area contributed by atoms with E-state index in [1.807, 2.05) is 31.3 Å². The number of hydrogen-bond acceptors (Lipinski definition) is 5. The molecule has 0 bridgehead atoms. The molecule has 3 rings (SSSR count). The first kappa shape index (κ1) is 13.7. The molecule has 2 aromatic rings. The molecule has 0 aliphatic carbocycles. The van der Waals surface area contributed by atoms with Gasteiger partial charge in [0.15, 0.2) is 0 Å². The van der Waals surface area contributed by atoms with Gasteiger partial charge in [0.05, 0.1) is 24.8 Å². The van der Waals surface area contributed by atoms with Crippen LogP contribution < -0.4 is 10.6 Å². The molecule has 0 saturated carbocycles. The Bertz CT molecular complexity index is 596. The SMILES string of the molecule is CNC1COCC1C(=O)Nc1ccc(-n2cncn2)cc1. The van der Waals surface area contributed by atoms with Crippen LogP contribution in [0.3, 0.4) is 0 Å². The Morgan fingerprint density at radius 1 is 1.33 bits per heavy atom. The first-order valence-corrected chi connectivity index (χ1v) is 6.79. The molecule has 1 amide bonds. The van der Waals surface area contributed by atoms with Crippen LogP contribution in [-0.4, -0.2) is 47.0 Å². The molecule has 21 heavy (non-hydrogen) atoms. The Kier molecular flexibility index (Phi) is 3.94. The number of likely N-dealkylation sites (N-methyl/N-ethyl adjacent to an activating group) is 1. The van der Waals surface area contributed by atoms with Crippen LogP contribution >= 0.6 is 0 Å². The standard InChI is InChI=1S/C14H17N5O2/c1-15-13-7-21-6-12(13)14(20)18-10-2-4-11(5-3-10)19-9-16-8-17-19/h2-5,8-9,12-13,15H,6-7H2,1H3,(H,18,20). The van der Waals surface area contributed by atoms with Gasteiger partial charge in [0, 0.05) is 11.7 Å². The van der Waals surface area contributed by atoms with Gasteiger partial charge in [-0.05, 0) is 31.3 Å². The number of benzene rings is 1. The zero-order valence-electron chi connectivity index (χ0n) is 11.7. The molecule has 1 aromatic carbocycles. The highest BCUT2D eigenvalue weighted by Crippen LogP contribution is 2.17. The molecule has 0 radical (unpaired) electrons. The molecule has 1 saturated heterocycles. The highest BCUT2D eigenvalue weighted by Gasteiger charge is 2.32. The Morgan fingerprint density at radius 3 is 2.81 bits per heavy atom. The smallest absolute Gasteiger partial charge is 0.231 e. The lowest BCUT2D eigenvalue weighted by Gasteiger charge is -2.16. The lowest BCUT2D eigenvalue weighted by molar-refractivity contribution is -0.120. The monoisotopic (exact) mass is 287 g/mol. The minimum absolute atomic E-state index is 0.0274. The normalized spacial score (nSPS) is 21.4. The number of hydrogen-bond donors (Lipinski definition) is 2. The molecule has 1 fully saturated rings. The van der Waals surface area contributed by atoms with E-state index >= 15 is 0 Å². The van der Waals surface area contributed by atoms with E-state index in [4.69, 9.17) is 4.74 Å². The van der Waals surface area contributed by atoms with Gasteiger partial charge in [0.1, 0.15) is 12.7 Å². The van der Waals surface area contributed by atoms with Crippen molar-refractivity contribution in [2.45, 2.75) is 6.04 Å². The van der Waals surface area contributed by atoms with Crippen molar-refractivity contribution in [3.8, 4) is 5.69 Å². The summed E-state index contributed by atoms with van der Waals surface area (Å²) in [5, 5.41) is 10.1. The van der Waals surface area contributed by atoms with Crippen LogP contribution in [0.5, 0.6) is 0 Å². The summed E-state index contributed by atoms with van der Waals surface area (Å²) in [6.07, 6.45) is 3.11. The highest BCUT2D eigenvalue weighted by atomic mass is 16.5. The molecule has 1 aliphatic rings. The van der Waals surface area contributed by atoms with Crippen molar-refractivity contribution < 1.29 is 9.53 Å². The van der Waals surface area contributed by atoms with Crippen molar-refractivity contribution in [1.82, 2.24) is 20.1 Å². The summed E-state index contributed by atoms with van der Waals surface area (Å²) in [6, 6.07) is 7.52. The Labute approximate surface area is 122 Å². The minimum atomic E-state index is -0.162. The Morgan fingerprint density at radius 2 is 2.14 bits per heavy atom. The van der Waals surface area contributed by atoms with Gasteiger partial charge >= 0.3 is 0 Å². The number of carbonyl (C=O) groups is 1. The topological polar surface area (TPSA) is 81.1 Å². The molecule has 110 valence electrons. The van der Waals surface area contributed by atoms with Crippen LogP contribution in [-0.2, 0) is 9.53 Å². The maximum absolute atomic E-state index is 12.2. The molecule has 2 atom stereocenters. The summed E-state index contributed by atoms with van der Waals surface area (Å²) in [5.41, 5.74) is 1.65. The molecule has 2 unspecified atom stereocenters. The van der Waals surface area contributed by atoms with E-state index in [1.165, 1.54) is 6.33 Å².